The van der Waals surface area contributed by atoms with Gasteiger partial charge in [-0.3, -0.25) is 9.69 Å². The average molecular weight is 382 g/mol. The maximum atomic E-state index is 12.4. The Morgan fingerprint density at radius 3 is 2.32 bits per heavy atom. The molecule has 7 heteroatoms. The molecule has 2 aromatic rings. The fourth-order valence-corrected chi connectivity index (χ4v) is 2.47. The molecule has 0 spiro atoms. The first-order chi connectivity index (χ1) is 13.6. The number of amides is 1. The van der Waals surface area contributed by atoms with Crippen LogP contribution in [-0.4, -0.2) is 38.2 Å². The lowest BCUT2D eigenvalue weighted by Crippen LogP contribution is -2.35. The molecule has 2 rings (SSSR count). The third kappa shape index (κ3) is 5.48. The van der Waals surface area contributed by atoms with E-state index in [0.29, 0.717) is 30.4 Å². The quantitative estimate of drug-likeness (QED) is 0.489. The Bertz CT molecular complexity index is 846. The van der Waals surface area contributed by atoms with E-state index in [4.69, 9.17) is 19.5 Å². The van der Waals surface area contributed by atoms with E-state index >= 15 is 0 Å². The van der Waals surface area contributed by atoms with Gasteiger partial charge in [-0.05, 0) is 44.2 Å². The number of esters is 1. The van der Waals surface area contributed by atoms with Crippen LogP contribution < -0.4 is 14.4 Å². The van der Waals surface area contributed by atoms with Gasteiger partial charge in [0.25, 0.3) is 5.91 Å². The lowest BCUT2D eigenvalue weighted by atomic mass is 10.2. The van der Waals surface area contributed by atoms with Crippen molar-refractivity contribution in [2.45, 2.75) is 13.8 Å². The zero-order chi connectivity index (χ0) is 20.4. The van der Waals surface area contributed by atoms with E-state index in [1.165, 1.54) is 11.0 Å². The predicted octanol–water partition coefficient (Wildman–Crippen LogP) is 3.20. The summed E-state index contributed by atoms with van der Waals surface area (Å²) in [5, 5.41) is 8.98. The van der Waals surface area contributed by atoms with Crippen molar-refractivity contribution < 1.29 is 23.8 Å². The molecule has 0 aliphatic rings. The van der Waals surface area contributed by atoms with Crippen LogP contribution in [0.2, 0.25) is 0 Å². The van der Waals surface area contributed by atoms with Gasteiger partial charge in [-0.2, -0.15) is 5.26 Å². The number of hydrogen-bond donors (Lipinski definition) is 0. The first-order valence-electron chi connectivity index (χ1n) is 8.89. The lowest BCUT2D eigenvalue weighted by molar-refractivity contribution is -0.121. The summed E-state index contributed by atoms with van der Waals surface area (Å²) in [6.45, 7) is 3.93. The van der Waals surface area contributed by atoms with Crippen LogP contribution in [0.25, 0.3) is 0 Å². The molecule has 146 valence electrons. The normalized spacial score (nSPS) is 9.89. The molecule has 0 N–H and O–H groups in total. The molecule has 7 nitrogen and oxygen atoms in total. The van der Waals surface area contributed by atoms with Crippen LogP contribution in [0.3, 0.4) is 0 Å². The first-order valence-corrected chi connectivity index (χ1v) is 8.89. The molecule has 0 atom stereocenters. The molecule has 2 aromatic carbocycles. The molecule has 0 unspecified atom stereocenters. The van der Waals surface area contributed by atoms with Gasteiger partial charge in [0.2, 0.25) is 0 Å². The second kappa shape index (κ2) is 10.6. The van der Waals surface area contributed by atoms with Gasteiger partial charge < -0.3 is 14.2 Å². The SMILES string of the molecule is CCOc1ccc(C(=O)OCC(=O)N(CC#N)c2ccccc2)cc1OCC. The minimum Gasteiger partial charge on any atom is -0.490 e. The number of carbonyl (C=O) groups excluding carboxylic acids is 2. The maximum absolute atomic E-state index is 12.4. The number of para-hydroxylation sites is 1. The molecule has 0 aromatic heterocycles. The van der Waals surface area contributed by atoms with Gasteiger partial charge in [-0.1, -0.05) is 18.2 Å². The van der Waals surface area contributed by atoms with Gasteiger partial charge in [0.1, 0.15) is 6.54 Å². The summed E-state index contributed by atoms with van der Waals surface area (Å²) in [7, 11) is 0. The molecular weight excluding hydrogens is 360 g/mol. The largest absolute Gasteiger partial charge is 0.490 e. The Labute approximate surface area is 164 Å². The summed E-state index contributed by atoms with van der Waals surface area (Å²) in [5.74, 6) is -0.193. The minimum atomic E-state index is -0.665. The van der Waals surface area contributed by atoms with E-state index in [9.17, 15) is 9.59 Å². The van der Waals surface area contributed by atoms with E-state index in [1.807, 2.05) is 19.9 Å². The average Bonchev–Trinajstić information content (AvgIpc) is 2.72. The summed E-state index contributed by atoms with van der Waals surface area (Å²) in [5.41, 5.74) is 0.802. The number of nitrogens with zero attached hydrogens (tertiary/aromatic N) is 2. The third-order valence-electron chi connectivity index (χ3n) is 3.70. The van der Waals surface area contributed by atoms with Crippen LogP contribution >= 0.6 is 0 Å². The second-order valence-corrected chi connectivity index (χ2v) is 5.58. The summed E-state index contributed by atoms with van der Waals surface area (Å²) in [4.78, 5) is 26.0. The van der Waals surface area contributed by atoms with Gasteiger partial charge in [-0.15, -0.1) is 0 Å². The molecular formula is C21H22N2O5. The Kier molecular flexibility index (Phi) is 7.85. The van der Waals surface area contributed by atoms with E-state index in [1.54, 1.807) is 42.5 Å². The predicted molar refractivity (Wildman–Crippen MR) is 103 cm³/mol. The van der Waals surface area contributed by atoms with Crippen molar-refractivity contribution in [3.63, 3.8) is 0 Å². The van der Waals surface area contributed by atoms with Crippen molar-refractivity contribution in [2.24, 2.45) is 0 Å². The van der Waals surface area contributed by atoms with Crippen LogP contribution in [0.4, 0.5) is 5.69 Å². The molecule has 0 aliphatic heterocycles. The van der Waals surface area contributed by atoms with Crippen molar-refractivity contribution in [3.8, 4) is 17.6 Å². The fraction of sp³-hybridized carbons (Fsp3) is 0.286. The number of hydrogen-bond acceptors (Lipinski definition) is 6. The van der Waals surface area contributed by atoms with E-state index in [-0.39, 0.29) is 12.1 Å². The molecule has 0 bridgehead atoms. The van der Waals surface area contributed by atoms with Gasteiger partial charge in [0.05, 0.1) is 24.8 Å². The summed E-state index contributed by atoms with van der Waals surface area (Å²) in [6, 6.07) is 15.4. The number of nitriles is 1. The molecule has 0 fully saturated rings. The highest BCUT2D eigenvalue weighted by molar-refractivity contribution is 5.97. The Morgan fingerprint density at radius 1 is 1.00 bits per heavy atom. The smallest absolute Gasteiger partial charge is 0.338 e. The number of ether oxygens (including phenoxy) is 3. The summed E-state index contributed by atoms with van der Waals surface area (Å²) >= 11 is 0. The monoisotopic (exact) mass is 382 g/mol. The van der Waals surface area contributed by atoms with Gasteiger partial charge >= 0.3 is 5.97 Å². The second-order valence-electron chi connectivity index (χ2n) is 5.58. The maximum Gasteiger partial charge on any atom is 0.338 e. The highest BCUT2D eigenvalue weighted by Gasteiger charge is 2.19. The Morgan fingerprint density at radius 2 is 1.68 bits per heavy atom. The first kappa shape index (κ1) is 20.8. The van der Waals surface area contributed by atoms with Gasteiger partial charge in [-0.25, -0.2) is 4.79 Å². The molecule has 28 heavy (non-hydrogen) atoms. The molecule has 1 amide bonds. The van der Waals surface area contributed by atoms with Crippen molar-refractivity contribution in [1.29, 1.82) is 5.26 Å². The number of rotatable bonds is 9. The van der Waals surface area contributed by atoms with Crippen LogP contribution in [0.15, 0.2) is 48.5 Å². The molecule has 0 heterocycles. The lowest BCUT2D eigenvalue weighted by Gasteiger charge is -2.19. The molecule has 0 saturated carbocycles. The third-order valence-corrected chi connectivity index (χ3v) is 3.70. The van der Waals surface area contributed by atoms with Gasteiger partial charge in [0.15, 0.2) is 18.1 Å². The summed E-state index contributed by atoms with van der Waals surface area (Å²) < 4.78 is 16.1. The standard InChI is InChI=1S/C21H22N2O5/c1-3-26-18-11-10-16(14-19(18)27-4-2)21(25)28-15-20(24)23(13-12-22)17-8-6-5-7-9-17/h5-11,14H,3-4,13,15H2,1-2H3. The fourth-order valence-electron chi connectivity index (χ4n) is 2.47. The topological polar surface area (TPSA) is 88.9 Å². The van der Waals surface area contributed by atoms with Crippen LogP contribution in [0.5, 0.6) is 11.5 Å². The minimum absolute atomic E-state index is 0.141. The zero-order valence-electron chi connectivity index (χ0n) is 15.9. The van der Waals surface area contributed by atoms with Crippen LogP contribution in [-0.2, 0) is 9.53 Å². The highest BCUT2D eigenvalue weighted by Crippen LogP contribution is 2.28. The summed E-state index contributed by atoms with van der Waals surface area (Å²) in [6.07, 6.45) is 0. The van der Waals surface area contributed by atoms with E-state index < -0.39 is 18.5 Å². The molecule has 0 aliphatic carbocycles. The molecule has 0 radical (unpaired) electrons. The Balaban J connectivity index is 2.07. The van der Waals surface area contributed by atoms with Crippen LogP contribution in [0.1, 0.15) is 24.2 Å². The number of benzene rings is 2. The van der Waals surface area contributed by atoms with E-state index in [2.05, 4.69) is 0 Å². The van der Waals surface area contributed by atoms with Crippen molar-refractivity contribution in [3.05, 3.63) is 54.1 Å². The zero-order valence-corrected chi connectivity index (χ0v) is 15.9. The van der Waals surface area contributed by atoms with Crippen molar-refractivity contribution in [1.82, 2.24) is 0 Å². The highest BCUT2D eigenvalue weighted by atomic mass is 16.5. The van der Waals surface area contributed by atoms with Crippen molar-refractivity contribution in [2.75, 3.05) is 31.3 Å². The van der Waals surface area contributed by atoms with Gasteiger partial charge in [0, 0.05) is 5.69 Å². The number of anilines is 1. The number of carbonyl (C=O) groups is 2. The van der Waals surface area contributed by atoms with Crippen LogP contribution in [0, 0.1) is 11.3 Å². The van der Waals surface area contributed by atoms with E-state index in [0.717, 1.165) is 0 Å². The Hall–Kier alpha value is -3.53. The molecule has 0 saturated heterocycles. The van der Waals surface area contributed by atoms with Crippen molar-refractivity contribution >= 4 is 17.6 Å².